The lowest BCUT2D eigenvalue weighted by molar-refractivity contribution is -0.386. The number of carbonyl (C=O) groups is 2. The molecule has 1 saturated carbocycles. The molecule has 1 aromatic heterocycles. The molecule has 4 rings (SSSR count). The number of nitro groups is 1. The molecule has 1 fully saturated rings. The van der Waals surface area contributed by atoms with Crippen LogP contribution in [0.1, 0.15) is 50.5 Å². The van der Waals surface area contributed by atoms with Gasteiger partial charge in [-0.3, -0.25) is 24.4 Å². The van der Waals surface area contributed by atoms with Gasteiger partial charge in [0.15, 0.2) is 0 Å². The molecule has 2 N–H and O–H groups in total. The number of anilines is 1. The molecule has 9 heteroatoms. The summed E-state index contributed by atoms with van der Waals surface area (Å²) >= 11 is 0. The van der Waals surface area contributed by atoms with E-state index in [9.17, 15) is 19.7 Å². The number of hydrogen-bond donors (Lipinski definition) is 2. The molecule has 1 aliphatic carbocycles. The summed E-state index contributed by atoms with van der Waals surface area (Å²) in [5, 5.41) is 21.2. The molecule has 0 saturated heterocycles. The highest BCUT2D eigenvalue weighted by Crippen LogP contribution is 2.23. The Labute approximate surface area is 184 Å². The Kier molecular flexibility index (Phi) is 5.72. The summed E-state index contributed by atoms with van der Waals surface area (Å²) in [4.78, 5) is 35.6. The van der Waals surface area contributed by atoms with E-state index < -0.39 is 4.92 Å². The molecule has 0 atom stereocenters. The van der Waals surface area contributed by atoms with Crippen molar-refractivity contribution >= 4 is 23.2 Å². The van der Waals surface area contributed by atoms with Crippen molar-refractivity contribution in [1.29, 1.82) is 0 Å². The number of hydrogen-bond acceptors (Lipinski definition) is 5. The lowest BCUT2D eigenvalue weighted by atomic mass is 10.1. The standard InChI is InChI=1S/C23H23N5O4/c1-14-21(28(31)32)15(2)27(26-14)13-16-6-8-17(9-7-16)22(29)25-20-5-3-4-18(12-20)23(30)24-19-10-11-19/h3-9,12,19H,10-11,13H2,1-2H3,(H,24,30)(H,25,29). The van der Waals surface area contributed by atoms with Crippen molar-refractivity contribution in [3.05, 3.63) is 86.7 Å². The predicted molar refractivity (Wildman–Crippen MR) is 119 cm³/mol. The first kappa shape index (κ1) is 21.2. The number of nitrogens with one attached hydrogen (secondary N) is 2. The van der Waals surface area contributed by atoms with Gasteiger partial charge in [0.05, 0.1) is 11.5 Å². The van der Waals surface area contributed by atoms with Crippen LogP contribution in [0, 0.1) is 24.0 Å². The fraction of sp³-hybridized carbons (Fsp3) is 0.261. The first-order valence-electron chi connectivity index (χ1n) is 10.3. The molecule has 2 aromatic carbocycles. The van der Waals surface area contributed by atoms with Crippen molar-refractivity contribution in [2.45, 2.75) is 39.3 Å². The van der Waals surface area contributed by atoms with Crippen molar-refractivity contribution in [2.75, 3.05) is 5.32 Å². The summed E-state index contributed by atoms with van der Waals surface area (Å²) in [5.74, 6) is -0.435. The van der Waals surface area contributed by atoms with Crippen molar-refractivity contribution in [2.24, 2.45) is 0 Å². The molecule has 32 heavy (non-hydrogen) atoms. The third-order valence-corrected chi connectivity index (χ3v) is 5.37. The number of aryl methyl sites for hydroxylation is 1. The molecule has 3 aromatic rings. The maximum Gasteiger partial charge on any atom is 0.312 e. The second-order valence-corrected chi connectivity index (χ2v) is 7.91. The van der Waals surface area contributed by atoms with Crippen molar-refractivity contribution in [1.82, 2.24) is 15.1 Å². The van der Waals surface area contributed by atoms with Gasteiger partial charge in [0.2, 0.25) is 0 Å². The Morgan fingerprint density at radius 3 is 2.44 bits per heavy atom. The van der Waals surface area contributed by atoms with Gasteiger partial charge in [-0.05, 0) is 62.6 Å². The zero-order chi connectivity index (χ0) is 22.8. The lowest BCUT2D eigenvalue weighted by Crippen LogP contribution is -2.25. The Hall–Kier alpha value is -4.01. The smallest absolute Gasteiger partial charge is 0.312 e. The van der Waals surface area contributed by atoms with Crippen LogP contribution in [0.25, 0.3) is 0 Å². The van der Waals surface area contributed by atoms with Crippen LogP contribution in [0.4, 0.5) is 11.4 Å². The van der Waals surface area contributed by atoms with Crippen molar-refractivity contribution < 1.29 is 14.5 Å². The van der Waals surface area contributed by atoms with Gasteiger partial charge in [-0.15, -0.1) is 0 Å². The van der Waals surface area contributed by atoms with E-state index in [0.717, 1.165) is 18.4 Å². The molecule has 0 bridgehead atoms. The lowest BCUT2D eigenvalue weighted by Gasteiger charge is -2.09. The number of rotatable bonds is 7. The second kappa shape index (κ2) is 8.62. The molecule has 164 valence electrons. The van der Waals surface area contributed by atoms with E-state index in [1.807, 2.05) is 0 Å². The Balaban J connectivity index is 1.42. The van der Waals surface area contributed by atoms with E-state index in [1.54, 1.807) is 67.1 Å². The molecule has 1 heterocycles. The van der Waals surface area contributed by atoms with E-state index in [1.165, 1.54) is 0 Å². The van der Waals surface area contributed by atoms with Crippen LogP contribution < -0.4 is 10.6 Å². The maximum absolute atomic E-state index is 12.6. The quantitative estimate of drug-likeness (QED) is 0.436. The van der Waals surface area contributed by atoms with Gasteiger partial charge in [0.25, 0.3) is 11.8 Å². The first-order valence-corrected chi connectivity index (χ1v) is 10.3. The summed E-state index contributed by atoms with van der Waals surface area (Å²) in [5.41, 5.74) is 3.24. The van der Waals surface area contributed by atoms with Crippen molar-refractivity contribution in [3.8, 4) is 0 Å². The van der Waals surface area contributed by atoms with Crippen LogP contribution in [0.3, 0.4) is 0 Å². The average molecular weight is 433 g/mol. The minimum Gasteiger partial charge on any atom is -0.349 e. The van der Waals surface area contributed by atoms with Gasteiger partial charge >= 0.3 is 5.69 Å². The van der Waals surface area contributed by atoms with Gasteiger partial charge in [-0.25, -0.2) is 0 Å². The molecule has 0 unspecified atom stereocenters. The minimum absolute atomic E-state index is 0.0223. The van der Waals surface area contributed by atoms with Crippen LogP contribution in [-0.2, 0) is 6.54 Å². The van der Waals surface area contributed by atoms with Crippen molar-refractivity contribution in [3.63, 3.8) is 0 Å². The topological polar surface area (TPSA) is 119 Å². The second-order valence-electron chi connectivity index (χ2n) is 7.91. The van der Waals surface area contributed by atoms with Crippen LogP contribution in [0.2, 0.25) is 0 Å². The molecule has 0 spiro atoms. The molecule has 9 nitrogen and oxygen atoms in total. The number of aromatic nitrogens is 2. The first-order chi connectivity index (χ1) is 15.3. The molecular weight excluding hydrogens is 410 g/mol. The highest BCUT2D eigenvalue weighted by Gasteiger charge is 2.24. The van der Waals surface area contributed by atoms with Gasteiger partial charge < -0.3 is 10.6 Å². The van der Waals surface area contributed by atoms with Crippen LogP contribution in [-0.4, -0.2) is 32.6 Å². The predicted octanol–water partition coefficient (Wildman–Crippen LogP) is 3.60. The highest BCUT2D eigenvalue weighted by atomic mass is 16.6. The Morgan fingerprint density at radius 1 is 1.09 bits per heavy atom. The number of nitrogens with zero attached hydrogens (tertiary/aromatic N) is 3. The normalized spacial score (nSPS) is 12.9. The zero-order valence-electron chi connectivity index (χ0n) is 17.8. The van der Waals surface area contributed by atoms with E-state index >= 15 is 0 Å². The summed E-state index contributed by atoms with van der Waals surface area (Å²) < 4.78 is 1.58. The largest absolute Gasteiger partial charge is 0.349 e. The van der Waals surface area contributed by atoms with Crippen LogP contribution >= 0.6 is 0 Å². The highest BCUT2D eigenvalue weighted by molar-refractivity contribution is 6.05. The fourth-order valence-corrected chi connectivity index (χ4v) is 3.48. The third-order valence-electron chi connectivity index (χ3n) is 5.37. The van der Waals surface area contributed by atoms with E-state index in [2.05, 4.69) is 15.7 Å². The molecule has 0 aliphatic heterocycles. The van der Waals surface area contributed by atoms with Gasteiger partial charge in [0, 0.05) is 22.9 Å². The zero-order valence-corrected chi connectivity index (χ0v) is 17.8. The van der Waals surface area contributed by atoms with E-state index in [-0.39, 0.29) is 23.5 Å². The van der Waals surface area contributed by atoms with Crippen LogP contribution in [0.5, 0.6) is 0 Å². The van der Waals surface area contributed by atoms with Gasteiger partial charge in [-0.2, -0.15) is 5.10 Å². The number of benzene rings is 2. The average Bonchev–Trinajstić information content (AvgIpc) is 3.52. The van der Waals surface area contributed by atoms with Gasteiger partial charge in [-0.1, -0.05) is 18.2 Å². The molecule has 0 radical (unpaired) electrons. The third kappa shape index (κ3) is 4.66. The maximum atomic E-state index is 12.6. The summed E-state index contributed by atoms with van der Waals surface area (Å²) in [6, 6.07) is 14.0. The Bertz CT molecular complexity index is 1200. The van der Waals surface area contributed by atoms with E-state index in [0.29, 0.717) is 34.7 Å². The summed E-state index contributed by atoms with van der Waals surface area (Å²) in [7, 11) is 0. The Morgan fingerprint density at radius 2 is 1.81 bits per heavy atom. The van der Waals surface area contributed by atoms with Gasteiger partial charge in [0.1, 0.15) is 11.4 Å². The van der Waals surface area contributed by atoms with E-state index in [4.69, 9.17) is 0 Å². The monoisotopic (exact) mass is 433 g/mol. The van der Waals surface area contributed by atoms with Crippen LogP contribution in [0.15, 0.2) is 48.5 Å². The summed E-state index contributed by atoms with van der Waals surface area (Å²) in [6.07, 6.45) is 2.02. The molecular formula is C23H23N5O4. The number of carbonyl (C=O) groups excluding carboxylic acids is 2. The molecule has 2 amide bonds. The summed E-state index contributed by atoms with van der Waals surface area (Å²) in [6.45, 7) is 3.64. The fourth-order valence-electron chi connectivity index (χ4n) is 3.48. The molecule has 1 aliphatic rings. The SMILES string of the molecule is Cc1nn(Cc2ccc(C(=O)Nc3cccc(C(=O)NC4CC4)c3)cc2)c(C)c1[N+](=O)[O-]. The number of amides is 2. The minimum atomic E-state index is -0.424.